The molecule has 4 rings (SSSR count). The van der Waals surface area contributed by atoms with Crippen LogP contribution in [0, 0.1) is 0 Å². The van der Waals surface area contributed by atoms with Gasteiger partial charge in [0.1, 0.15) is 5.15 Å². The molecule has 0 unspecified atom stereocenters. The number of carboxylic acid groups (broad SMARTS) is 1. The highest BCUT2D eigenvalue weighted by Gasteiger charge is 2.24. The Morgan fingerprint density at radius 1 is 1.19 bits per heavy atom. The second-order valence-corrected chi connectivity index (χ2v) is 8.88. The van der Waals surface area contributed by atoms with Crippen LogP contribution in [0.15, 0.2) is 46.8 Å². The van der Waals surface area contributed by atoms with Crippen LogP contribution < -0.4 is 0 Å². The third-order valence-corrected chi connectivity index (χ3v) is 6.85. The smallest absolute Gasteiger partial charge is 0.303 e. The van der Waals surface area contributed by atoms with E-state index in [0.29, 0.717) is 16.7 Å². The molecule has 0 spiro atoms. The Bertz CT molecular complexity index is 1290. The lowest BCUT2D eigenvalue weighted by molar-refractivity contribution is -0.136. The SMILES string of the molecule is O=C(O)CCc1cc2nc(Cl)ccc2n1S(=O)(=O)c1ccc2ncsc2c1. The van der Waals surface area contributed by atoms with Crippen molar-refractivity contribution in [1.82, 2.24) is 13.9 Å². The van der Waals surface area contributed by atoms with Crippen LogP contribution in [0.25, 0.3) is 21.3 Å². The predicted molar refractivity (Wildman–Crippen MR) is 103 cm³/mol. The van der Waals surface area contributed by atoms with Gasteiger partial charge in [0.2, 0.25) is 0 Å². The molecular formula is C17H12ClN3O4S2. The van der Waals surface area contributed by atoms with Crippen molar-refractivity contribution >= 4 is 60.2 Å². The average Bonchev–Trinajstić information content (AvgIpc) is 3.22. The number of aliphatic carboxylic acids is 1. The molecule has 0 aliphatic carbocycles. The fourth-order valence-electron chi connectivity index (χ4n) is 2.89. The minimum Gasteiger partial charge on any atom is -0.481 e. The zero-order valence-electron chi connectivity index (χ0n) is 13.7. The predicted octanol–water partition coefficient (Wildman–Crippen LogP) is 3.55. The van der Waals surface area contributed by atoms with E-state index in [4.69, 9.17) is 16.7 Å². The summed E-state index contributed by atoms with van der Waals surface area (Å²) < 4.78 is 28.6. The molecule has 27 heavy (non-hydrogen) atoms. The zero-order chi connectivity index (χ0) is 19.2. The Labute approximate surface area is 162 Å². The fourth-order valence-corrected chi connectivity index (χ4v) is 5.41. The number of aryl methyl sites for hydroxylation is 1. The van der Waals surface area contributed by atoms with Gasteiger partial charge in [-0.25, -0.2) is 22.4 Å². The highest BCUT2D eigenvalue weighted by molar-refractivity contribution is 7.90. The van der Waals surface area contributed by atoms with Crippen LogP contribution in [-0.4, -0.2) is 33.4 Å². The van der Waals surface area contributed by atoms with Crippen molar-refractivity contribution in [1.29, 1.82) is 0 Å². The van der Waals surface area contributed by atoms with Crippen LogP contribution in [0.4, 0.5) is 0 Å². The minimum absolute atomic E-state index is 0.0470. The van der Waals surface area contributed by atoms with Crippen molar-refractivity contribution in [3.05, 3.63) is 52.8 Å². The molecule has 0 radical (unpaired) electrons. The molecule has 0 bridgehead atoms. The summed E-state index contributed by atoms with van der Waals surface area (Å²) in [4.78, 5) is 19.4. The number of benzene rings is 1. The molecule has 0 saturated heterocycles. The quantitative estimate of drug-likeness (QED) is 0.494. The molecule has 0 saturated carbocycles. The zero-order valence-corrected chi connectivity index (χ0v) is 16.1. The number of fused-ring (bicyclic) bond motifs is 2. The Balaban J connectivity index is 1.94. The summed E-state index contributed by atoms with van der Waals surface area (Å²) in [6.07, 6.45) is -0.154. The first-order valence-electron chi connectivity index (χ1n) is 7.84. The number of nitrogens with zero attached hydrogens (tertiary/aromatic N) is 3. The van der Waals surface area contributed by atoms with Crippen LogP contribution >= 0.6 is 22.9 Å². The molecule has 3 heterocycles. The lowest BCUT2D eigenvalue weighted by atomic mass is 10.2. The molecule has 0 fully saturated rings. The second-order valence-electron chi connectivity index (χ2n) is 5.82. The molecule has 0 atom stereocenters. The molecule has 1 aromatic carbocycles. The topological polar surface area (TPSA) is 102 Å². The molecular weight excluding hydrogens is 410 g/mol. The first-order valence-corrected chi connectivity index (χ1v) is 10.5. The van der Waals surface area contributed by atoms with Gasteiger partial charge >= 0.3 is 5.97 Å². The van der Waals surface area contributed by atoms with E-state index in [-0.39, 0.29) is 22.9 Å². The highest BCUT2D eigenvalue weighted by atomic mass is 35.5. The summed E-state index contributed by atoms with van der Waals surface area (Å²) in [6.45, 7) is 0. The summed E-state index contributed by atoms with van der Waals surface area (Å²) in [5.41, 5.74) is 3.45. The summed E-state index contributed by atoms with van der Waals surface area (Å²) in [6, 6.07) is 9.34. The van der Waals surface area contributed by atoms with Gasteiger partial charge in [-0.1, -0.05) is 11.6 Å². The summed E-state index contributed by atoms with van der Waals surface area (Å²) >= 11 is 7.27. The Hall–Kier alpha value is -2.49. The number of halogens is 1. The van der Waals surface area contributed by atoms with Crippen molar-refractivity contribution < 1.29 is 18.3 Å². The molecule has 3 aromatic heterocycles. The van der Waals surface area contributed by atoms with Crippen molar-refractivity contribution in [2.24, 2.45) is 0 Å². The molecule has 0 aliphatic rings. The Morgan fingerprint density at radius 2 is 2.00 bits per heavy atom. The van der Waals surface area contributed by atoms with E-state index in [1.54, 1.807) is 29.8 Å². The van der Waals surface area contributed by atoms with Gasteiger partial charge in [-0.3, -0.25) is 4.79 Å². The van der Waals surface area contributed by atoms with Gasteiger partial charge in [0.25, 0.3) is 10.0 Å². The average molecular weight is 422 g/mol. The van der Waals surface area contributed by atoms with Gasteiger partial charge in [-0.15, -0.1) is 11.3 Å². The summed E-state index contributed by atoms with van der Waals surface area (Å²) in [5, 5.41) is 9.23. The minimum atomic E-state index is -3.96. The molecule has 0 aliphatic heterocycles. The summed E-state index contributed by atoms with van der Waals surface area (Å²) in [5.74, 6) is -1.01. The number of aromatic nitrogens is 3. The normalized spacial score (nSPS) is 12.0. The van der Waals surface area contributed by atoms with E-state index in [1.807, 2.05) is 0 Å². The van der Waals surface area contributed by atoms with Crippen LogP contribution in [0.2, 0.25) is 5.15 Å². The third kappa shape index (κ3) is 3.18. The maximum absolute atomic E-state index is 13.4. The standard InChI is InChI=1S/C17H12ClN3O4S2/c18-16-5-4-14-13(20-16)7-10(1-6-17(22)23)21(14)27(24,25)11-2-3-12-15(8-11)26-9-19-12/h2-5,7-9H,1,6H2,(H,22,23). The Morgan fingerprint density at radius 3 is 2.78 bits per heavy atom. The molecule has 0 amide bonds. The van der Waals surface area contributed by atoms with E-state index >= 15 is 0 Å². The van der Waals surface area contributed by atoms with Crippen LogP contribution in [0.3, 0.4) is 0 Å². The molecule has 7 nitrogen and oxygen atoms in total. The van der Waals surface area contributed by atoms with Gasteiger partial charge in [-0.2, -0.15) is 0 Å². The van der Waals surface area contributed by atoms with E-state index in [9.17, 15) is 13.2 Å². The van der Waals surface area contributed by atoms with Crippen molar-refractivity contribution in [3.8, 4) is 0 Å². The third-order valence-electron chi connectivity index (χ3n) is 4.09. The van der Waals surface area contributed by atoms with Crippen LogP contribution in [0.5, 0.6) is 0 Å². The number of thiazole rings is 1. The largest absolute Gasteiger partial charge is 0.481 e. The highest BCUT2D eigenvalue weighted by Crippen LogP contribution is 2.29. The van der Waals surface area contributed by atoms with E-state index in [1.165, 1.54) is 23.5 Å². The lowest BCUT2D eigenvalue weighted by Gasteiger charge is -2.11. The van der Waals surface area contributed by atoms with Gasteiger partial charge < -0.3 is 5.11 Å². The van der Waals surface area contributed by atoms with E-state index in [0.717, 1.165) is 14.2 Å². The van der Waals surface area contributed by atoms with Crippen molar-refractivity contribution in [2.45, 2.75) is 17.7 Å². The van der Waals surface area contributed by atoms with E-state index in [2.05, 4.69) is 9.97 Å². The van der Waals surface area contributed by atoms with Gasteiger partial charge in [-0.05, 0) is 42.8 Å². The number of rotatable bonds is 5. The maximum Gasteiger partial charge on any atom is 0.303 e. The van der Waals surface area contributed by atoms with Crippen LogP contribution in [-0.2, 0) is 21.2 Å². The molecule has 4 aromatic rings. The van der Waals surface area contributed by atoms with Crippen molar-refractivity contribution in [3.63, 3.8) is 0 Å². The monoisotopic (exact) mass is 421 g/mol. The number of hydrogen-bond acceptors (Lipinski definition) is 6. The first kappa shape index (κ1) is 17.9. The number of carboxylic acids is 1. The first-order chi connectivity index (χ1) is 12.9. The van der Waals surface area contributed by atoms with Gasteiger partial charge in [0.05, 0.1) is 38.1 Å². The van der Waals surface area contributed by atoms with Gasteiger partial charge in [0, 0.05) is 5.69 Å². The number of pyridine rings is 1. The van der Waals surface area contributed by atoms with Crippen LogP contribution in [0.1, 0.15) is 12.1 Å². The molecule has 1 N–H and O–H groups in total. The van der Waals surface area contributed by atoms with E-state index < -0.39 is 16.0 Å². The van der Waals surface area contributed by atoms with Crippen molar-refractivity contribution in [2.75, 3.05) is 0 Å². The fraction of sp³-hybridized carbons (Fsp3) is 0.118. The number of hydrogen-bond donors (Lipinski definition) is 1. The number of carbonyl (C=O) groups is 1. The molecule has 138 valence electrons. The molecule has 10 heteroatoms. The Kier molecular flexibility index (Phi) is 4.37. The maximum atomic E-state index is 13.4. The van der Waals surface area contributed by atoms with Gasteiger partial charge in [0.15, 0.2) is 0 Å². The summed E-state index contributed by atoms with van der Waals surface area (Å²) in [7, 11) is -3.96. The lowest BCUT2D eigenvalue weighted by Crippen LogP contribution is -2.16. The second kappa shape index (κ2) is 6.59.